The van der Waals surface area contributed by atoms with Crippen LogP contribution in [0.25, 0.3) is 0 Å². The van der Waals surface area contributed by atoms with E-state index in [0.717, 1.165) is 6.42 Å². The number of likely N-dealkylation sites (N-methyl/N-ethyl adjacent to an activating group) is 1. The van der Waals surface area contributed by atoms with Gasteiger partial charge in [-0.25, -0.2) is 0 Å². The van der Waals surface area contributed by atoms with Crippen molar-refractivity contribution in [3.8, 4) is 0 Å². The maximum absolute atomic E-state index is 11.5. The second kappa shape index (κ2) is 7.26. The van der Waals surface area contributed by atoms with E-state index in [0.29, 0.717) is 6.54 Å². The molecule has 1 aromatic rings. The molecule has 106 valence electrons. The van der Waals surface area contributed by atoms with Gasteiger partial charge in [-0.1, -0.05) is 31.2 Å². The number of rotatable bonds is 6. The van der Waals surface area contributed by atoms with E-state index in [4.69, 9.17) is 5.73 Å². The molecule has 4 nitrogen and oxygen atoms in total. The molecule has 0 spiro atoms. The predicted molar refractivity (Wildman–Crippen MR) is 78.9 cm³/mol. The molecule has 0 saturated carbocycles. The molecule has 1 rings (SSSR count). The monoisotopic (exact) mass is 263 g/mol. The van der Waals surface area contributed by atoms with Crippen molar-refractivity contribution in [2.24, 2.45) is 5.73 Å². The average Bonchev–Trinajstić information content (AvgIpc) is 2.38. The lowest BCUT2D eigenvalue weighted by molar-refractivity contribution is -0.122. The molecular weight excluding hydrogens is 238 g/mol. The fourth-order valence-electron chi connectivity index (χ4n) is 1.93. The molecule has 0 fully saturated rings. The summed E-state index contributed by atoms with van der Waals surface area (Å²) < 4.78 is 0. The highest BCUT2D eigenvalue weighted by atomic mass is 16.2. The van der Waals surface area contributed by atoms with Crippen molar-refractivity contribution in [2.45, 2.75) is 32.4 Å². The van der Waals surface area contributed by atoms with Gasteiger partial charge in [0.2, 0.25) is 5.91 Å². The van der Waals surface area contributed by atoms with Crippen LogP contribution in [0, 0.1) is 0 Å². The van der Waals surface area contributed by atoms with Gasteiger partial charge in [-0.3, -0.25) is 4.79 Å². The molecule has 0 bridgehead atoms. The third-order valence-corrected chi connectivity index (χ3v) is 3.28. The number of nitrogens with zero attached hydrogens (tertiary/aromatic N) is 1. The standard InChI is InChI=1S/C15H25N3O/c1-5-12-6-8-13(9-7-12)14(18(3)4)10-17-15(19)11(2)16/h6-9,11,14H,5,10,16H2,1-4H3,(H,17,19). The third kappa shape index (κ3) is 4.65. The Morgan fingerprint density at radius 2 is 1.89 bits per heavy atom. The van der Waals surface area contributed by atoms with Gasteiger partial charge in [0.05, 0.1) is 12.1 Å². The predicted octanol–water partition coefficient (Wildman–Crippen LogP) is 1.32. The summed E-state index contributed by atoms with van der Waals surface area (Å²) in [5.74, 6) is -0.114. The molecule has 0 aromatic heterocycles. The summed E-state index contributed by atoms with van der Waals surface area (Å²) in [5.41, 5.74) is 8.07. The zero-order chi connectivity index (χ0) is 14.4. The first-order chi connectivity index (χ1) is 8.95. The van der Waals surface area contributed by atoms with Gasteiger partial charge < -0.3 is 16.0 Å². The highest BCUT2D eigenvalue weighted by molar-refractivity contribution is 5.80. The Balaban J connectivity index is 2.73. The minimum absolute atomic E-state index is 0.114. The molecule has 0 aliphatic rings. The third-order valence-electron chi connectivity index (χ3n) is 3.28. The van der Waals surface area contributed by atoms with Crippen molar-refractivity contribution in [2.75, 3.05) is 20.6 Å². The lowest BCUT2D eigenvalue weighted by atomic mass is 10.0. The van der Waals surface area contributed by atoms with Crippen molar-refractivity contribution >= 4 is 5.91 Å². The van der Waals surface area contributed by atoms with Crippen molar-refractivity contribution in [1.82, 2.24) is 10.2 Å². The highest BCUT2D eigenvalue weighted by Gasteiger charge is 2.16. The first kappa shape index (κ1) is 15.7. The Morgan fingerprint density at radius 3 is 2.32 bits per heavy atom. The van der Waals surface area contributed by atoms with Crippen LogP contribution in [-0.2, 0) is 11.2 Å². The van der Waals surface area contributed by atoms with E-state index in [1.54, 1.807) is 6.92 Å². The van der Waals surface area contributed by atoms with E-state index in [1.807, 2.05) is 14.1 Å². The van der Waals surface area contributed by atoms with Crippen LogP contribution < -0.4 is 11.1 Å². The minimum atomic E-state index is -0.467. The second-order valence-corrected chi connectivity index (χ2v) is 5.11. The van der Waals surface area contributed by atoms with Crippen LogP contribution in [0.5, 0.6) is 0 Å². The normalized spacial score (nSPS) is 14.2. The van der Waals surface area contributed by atoms with Crippen molar-refractivity contribution < 1.29 is 4.79 Å². The average molecular weight is 263 g/mol. The fraction of sp³-hybridized carbons (Fsp3) is 0.533. The molecule has 1 amide bonds. The summed E-state index contributed by atoms with van der Waals surface area (Å²) >= 11 is 0. The van der Waals surface area contributed by atoms with Crippen molar-refractivity contribution in [3.05, 3.63) is 35.4 Å². The van der Waals surface area contributed by atoms with Gasteiger partial charge in [-0.05, 0) is 38.6 Å². The topological polar surface area (TPSA) is 58.4 Å². The molecule has 0 aliphatic heterocycles. The molecule has 0 aliphatic carbocycles. The first-order valence-corrected chi connectivity index (χ1v) is 6.74. The van der Waals surface area contributed by atoms with E-state index in [1.165, 1.54) is 11.1 Å². The number of aryl methyl sites for hydroxylation is 1. The van der Waals surface area contributed by atoms with Crippen LogP contribution >= 0.6 is 0 Å². The molecule has 0 heterocycles. The minimum Gasteiger partial charge on any atom is -0.353 e. The van der Waals surface area contributed by atoms with E-state index in [2.05, 4.69) is 41.4 Å². The van der Waals surface area contributed by atoms with Gasteiger partial charge in [0.1, 0.15) is 0 Å². The Bertz CT molecular complexity index is 398. The van der Waals surface area contributed by atoms with Crippen LogP contribution in [-0.4, -0.2) is 37.5 Å². The number of nitrogens with two attached hydrogens (primary N) is 1. The first-order valence-electron chi connectivity index (χ1n) is 6.74. The second-order valence-electron chi connectivity index (χ2n) is 5.11. The molecule has 2 unspecified atom stereocenters. The van der Waals surface area contributed by atoms with E-state index in [9.17, 15) is 4.79 Å². The van der Waals surface area contributed by atoms with Gasteiger partial charge in [0.25, 0.3) is 0 Å². The maximum Gasteiger partial charge on any atom is 0.236 e. The molecule has 0 radical (unpaired) electrons. The molecule has 0 saturated heterocycles. The fourth-order valence-corrected chi connectivity index (χ4v) is 1.93. The Hall–Kier alpha value is -1.39. The number of hydrogen-bond acceptors (Lipinski definition) is 3. The summed E-state index contributed by atoms with van der Waals surface area (Å²) in [6, 6.07) is 8.22. The summed E-state index contributed by atoms with van der Waals surface area (Å²) in [4.78, 5) is 13.6. The molecule has 3 N–H and O–H groups in total. The van der Waals surface area contributed by atoms with Crippen LogP contribution in [0.1, 0.15) is 31.0 Å². The molecule has 19 heavy (non-hydrogen) atoms. The van der Waals surface area contributed by atoms with Gasteiger partial charge in [0, 0.05) is 6.54 Å². The largest absolute Gasteiger partial charge is 0.353 e. The number of carbonyl (C=O) groups excluding carboxylic acids is 1. The maximum atomic E-state index is 11.5. The van der Waals surface area contributed by atoms with Crippen LogP contribution in [0.2, 0.25) is 0 Å². The summed E-state index contributed by atoms with van der Waals surface area (Å²) in [6.45, 7) is 4.40. The SMILES string of the molecule is CCc1ccc(C(CNC(=O)C(C)N)N(C)C)cc1. The molecular formula is C15H25N3O. The molecule has 2 atom stereocenters. The quantitative estimate of drug-likeness (QED) is 0.813. The summed E-state index contributed by atoms with van der Waals surface area (Å²) in [6.07, 6.45) is 1.04. The van der Waals surface area contributed by atoms with E-state index < -0.39 is 6.04 Å². The smallest absolute Gasteiger partial charge is 0.236 e. The lowest BCUT2D eigenvalue weighted by Crippen LogP contribution is -2.42. The van der Waals surface area contributed by atoms with Gasteiger partial charge in [-0.15, -0.1) is 0 Å². The van der Waals surface area contributed by atoms with Crippen LogP contribution in [0.4, 0.5) is 0 Å². The Labute approximate surface area is 116 Å². The number of carbonyl (C=O) groups is 1. The Morgan fingerprint density at radius 1 is 1.32 bits per heavy atom. The van der Waals surface area contributed by atoms with Gasteiger partial charge in [0.15, 0.2) is 0 Å². The highest BCUT2D eigenvalue weighted by Crippen LogP contribution is 2.18. The van der Waals surface area contributed by atoms with Crippen molar-refractivity contribution in [3.63, 3.8) is 0 Å². The number of nitrogens with one attached hydrogen (secondary N) is 1. The zero-order valence-corrected chi connectivity index (χ0v) is 12.3. The zero-order valence-electron chi connectivity index (χ0n) is 12.3. The van der Waals surface area contributed by atoms with E-state index >= 15 is 0 Å². The van der Waals surface area contributed by atoms with Crippen LogP contribution in [0.15, 0.2) is 24.3 Å². The summed E-state index contributed by atoms with van der Waals surface area (Å²) in [7, 11) is 4.02. The van der Waals surface area contributed by atoms with Gasteiger partial charge in [-0.2, -0.15) is 0 Å². The molecule has 1 aromatic carbocycles. The van der Waals surface area contributed by atoms with Crippen molar-refractivity contribution in [1.29, 1.82) is 0 Å². The van der Waals surface area contributed by atoms with Gasteiger partial charge >= 0.3 is 0 Å². The number of benzene rings is 1. The van der Waals surface area contributed by atoms with Crippen LogP contribution in [0.3, 0.4) is 0 Å². The molecule has 4 heteroatoms. The number of hydrogen-bond donors (Lipinski definition) is 2. The number of amides is 1. The Kier molecular flexibility index (Phi) is 5.99. The lowest BCUT2D eigenvalue weighted by Gasteiger charge is -2.25. The van der Waals surface area contributed by atoms with E-state index in [-0.39, 0.29) is 11.9 Å². The summed E-state index contributed by atoms with van der Waals surface area (Å²) in [5, 5.41) is 2.89.